The van der Waals surface area contributed by atoms with E-state index in [0.29, 0.717) is 5.95 Å². The van der Waals surface area contributed by atoms with Crippen molar-refractivity contribution in [2.45, 2.75) is 49.4 Å². The molecule has 0 atom stereocenters. The molecule has 5 rings (SSSR count). The second-order valence-corrected chi connectivity index (χ2v) is 7.19. The third kappa shape index (κ3) is 2.02. The molecule has 0 unspecified atom stereocenters. The molecule has 1 aromatic carbocycles. The molecule has 1 aliphatic heterocycles. The second kappa shape index (κ2) is 4.43. The average molecular weight is 308 g/mol. The minimum Gasteiger partial charge on any atom is -0.495 e. The van der Waals surface area contributed by atoms with Crippen LogP contribution in [0.2, 0.25) is 0 Å². The Balaban J connectivity index is 1.57. The summed E-state index contributed by atoms with van der Waals surface area (Å²) in [6, 6.07) is 7.87. The maximum absolute atomic E-state index is 5.42. The van der Waals surface area contributed by atoms with Gasteiger partial charge in [-0.15, -0.1) is 0 Å². The van der Waals surface area contributed by atoms with Crippen LogP contribution in [0.15, 0.2) is 24.3 Å². The molecular formula is C18H20N4O. The predicted octanol–water partition coefficient (Wildman–Crippen LogP) is 3.48. The number of rotatable bonds is 3. The van der Waals surface area contributed by atoms with E-state index < -0.39 is 0 Å². The zero-order valence-electron chi connectivity index (χ0n) is 13.3. The molecule has 2 heterocycles. The summed E-state index contributed by atoms with van der Waals surface area (Å²) in [5.74, 6) is 3.47. The van der Waals surface area contributed by atoms with Gasteiger partial charge in [-0.25, -0.2) is 4.98 Å². The molecule has 0 radical (unpaired) electrons. The lowest BCUT2D eigenvalue weighted by Crippen LogP contribution is -2.14. The highest BCUT2D eigenvalue weighted by Crippen LogP contribution is 2.59. The average Bonchev–Trinajstić information content (AvgIpc) is 3.48. The third-order valence-electron chi connectivity index (χ3n) is 5.73. The van der Waals surface area contributed by atoms with Gasteiger partial charge in [0.05, 0.1) is 12.8 Å². The maximum Gasteiger partial charge on any atom is 0.230 e. The molecule has 1 aromatic heterocycles. The molecule has 0 saturated heterocycles. The molecule has 5 heteroatoms. The fourth-order valence-corrected chi connectivity index (χ4v) is 3.73. The first-order chi connectivity index (χ1) is 11.2. The van der Waals surface area contributed by atoms with E-state index >= 15 is 0 Å². The van der Waals surface area contributed by atoms with Gasteiger partial charge >= 0.3 is 0 Å². The second-order valence-electron chi connectivity index (χ2n) is 7.19. The van der Waals surface area contributed by atoms with E-state index in [-0.39, 0.29) is 10.8 Å². The zero-order chi connectivity index (χ0) is 15.5. The smallest absolute Gasteiger partial charge is 0.230 e. The largest absolute Gasteiger partial charge is 0.495 e. The minimum atomic E-state index is 0.237. The molecule has 0 amide bonds. The lowest BCUT2D eigenvalue weighted by atomic mass is 9.92. The van der Waals surface area contributed by atoms with E-state index in [2.05, 4.69) is 5.32 Å². The Hall–Kier alpha value is -2.17. The molecule has 118 valence electrons. The maximum atomic E-state index is 5.42. The summed E-state index contributed by atoms with van der Waals surface area (Å²) in [6.07, 6.45) is 7.33. The van der Waals surface area contributed by atoms with Crippen molar-refractivity contribution >= 4 is 11.6 Å². The van der Waals surface area contributed by atoms with Crippen molar-refractivity contribution in [2.24, 2.45) is 0 Å². The molecule has 2 bridgehead atoms. The van der Waals surface area contributed by atoms with Gasteiger partial charge in [-0.3, -0.25) is 0 Å². The number of fused-ring (bicyclic) bond motifs is 4. The molecule has 2 aliphatic carbocycles. The molecule has 3 aliphatic rings. The summed E-state index contributed by atoms with van der Waals surface area (Å²) in [5, 5.41) is 3.34. The van der Waals surface area contributed by atoms with Gasteiger partial charge in [-0.05, 0) is 50.7 Å². The number of anilines is 2. The van der Waals surface area contributed by atoms with Crippen molar-refractivity contribution in [3.8, 4) is 5.75 Å². The Bertz CT molecular complexity index is 742. The molecule has 1 N–H and O–H groups in total. The van der Waals surface area contributed by atoms with Crippen LogP contribution in [-0.2, 0) is 10.8 Å². The first-order valence-electron chi connectivity index (χ1n) is 8.40. The molecule has 5 nitrogen and oxygen atoms in total. The van der Waals surface area contributed by atoms with Gasteiger partial charge in [-0.2, -0.15) is 9.97 Å². The number of hydrogen-bond donors (Lipinski definition) is 1. The number of hydrogen-bond acceptors (Lipinski definition) is 5. The quantitative estimate of drug-likeness (QED) is 0.940. The Morgan fingerprint density at radius 2 is 1.43 bits per heavy atom. The highest BCUT2D eigenvalue weighted by atomic mass is 16.5. The van der Waals surface area contributed by atoms with Crippen LogP contribution in [0.1, 0.15) is 50.2 Å². The van der Waals surface area contributed by atoms with Gasteiger partial charge in [0, 0.05) is 10.8 Å². The lowest BCUT2D eigenvalue weighted by molar-refractivity contribution is 0.417. The van der Waals surface area contributed by atoms with Crippen LogP contribution in [0.25, 0.3) is 0 Å². The van der Waals surface area contributed by atoms with E-state index in [0.717, 1.165) is 23.1 Å². The Kier molecular flexibility index (Phi) is 2.56. The fourth-order valence-electron chi connectivity index (χ4n) is 3.73. The first-order valence-corrected chi connectivity index (χ1v) is 8.40. The molecule has 2 aromatic rings. The van der Waals surface area contributed by atoms with Crippen LogP contribution < -0.4 is 10.1 Å². The Morgan fingerprint density at radius 1 is 0.870 bits per heavy atom. The number of para-hydroxylation sites is 2. The minimum absolute atomic E-state index is 0.237. The third-order valence-corrected chi connectivity index (χ3v) is 5.73. The SMILES string of the molecule is COc1ccccc1Nc1nc2nc(n1)C1(CCC23CC3)CC1. The molecule has 2 saturated carbocycles. The van der Waals surface area contributed by atoms with Crippen LogP contribution >= 0.6 is 0 Å². The van der Waals surface area contributed by atoms with E-state index in [1.54, 1.807) is 7.11 Å². The summed E-state index contributed by atoms with van der Waals surface area (Å²) in [7, 11) is 1.68. The number of nitrogens with one attached hydrogen (secondary N) is 1. The number of methoxy groups -OCH3 is 1. The highest BCUT2D eigenvalue weighted by molar-refractivity contribution is 5.62. The van der Waals surface area contributed by atoms with Crippen molar-refractivity contribution in [1.29, 1.82) is 0 Å². The molecule has 2 fully saturated rings. The number of ether oxygens (including phenoxy) is 1. The van der Waals surface area contributed by atoms with Crippen LogP contribution in [0.3, 0.4) is 0 Å². The predicted molar refractivity (Wildman–Crippen MR) is 87.2 cm³/mol. The summed E-state index contributed by atoms with van der Waals surface area (Å²) < 4.78 is 5.42. The van der Waals surface area contributed by atoms with Gasteiger partial charge in [0.2, 0.25) is 5.95 Å². The fraction of sp³-hybridized carbons (Fsp3) is 0.500. The van der Waals surface area contributed by atoms with Crippen molar-refractivity contribution in [2.75, 3.05) is 12.4 Å². The topological polar surface area (TPSA) is 59.9 Å². The van der Waals surface area contributed by atoms with Crippen LogP contribution in [0.5, 0.6) is 5.75 Å². The Labute approximate surface area is 135 Å². The van der Waals surface area contributed by atoms with Crippen LogP contribution in [-0.4, -0.2) is 22.1 Å². The Morgan fingerprint density at radius 3 is 2.00 bits per heavy atom. The van der Waals surface area contributed by atoms with E-state index in [1.807, 2.05) is 24.3 Å². The molecular weight excluding hydrogens is 288 g/mol. The van der Waals surface area contributed by atoms with Crippen molar-refractivity contribution in [1.82, 2.24) is 15.0 Å². The van der Waals surface area contributed by atoms with Gasteiger partial charge < -0.3 is 10.1 Å². The van der Waals surface area contributed by atoms with Gasteiger partial charge in [0.1, 0.15) is 17.4 Å². The lowest BCUT2D eigenvalue weighted by Gasteiger charge is -2.13. The normalized spacial score (nSPS) is 21.8. The molecule has 23 heavy (non-hydrogen) atoms. The summed E-state index contributed by atoms with van der Waals surface area (Å²) >= 11 is 0. The van der Waals surface area contributed by atoms with Gasteiger partial charge in [-0.1, -0.05) is 12.1 Å². The van der Waals surface area contributed by atoms with Crippen molar-refractivity contribution in [3.05, 3.63) is 35.9 Å². The van der Waals surface area contributed by atoms with Crippen LogP contribution in [0, 0.1) is 0 Å². The number of benzene rings is 1. The highest BCUT2D eigenvalue weighted by Gasteiger charge is 2.56. The van der Waals surface area contributed by atoms with Crippen molar-refractivity contribution in [3.63, 3.8) is 0 Å². The zero-order valence-corrected chi connectivity index (χ0v) is 13.3. The van der Waals surface area contributed by atoms with Gasteiger partial charge in [0.15, 0.2) is 0 Å². The summed E-state index contributed by atoms with van der Waals surface area (Å²) in [5.41, 5.74) is 1.37. The van der Waals surface area contributed by atoms with E-state index in [1.165, 1.54) is 38.5 Å². The summed E-state index contributed by atoms with van der Waals surface area (Å²) in [4.78, 5) is 14.4. The van der Waals surface area contributed by atoms with Crippen LogP contribution in [0.4, 0.5) is 11.6 Å². The molecule has 2 spiro atoms. The number of nitrogens with zero attached hydrogens (tertiary/aromatic N) is 3. The van der Waals surface area contributed by atoms with Crippen molar-refractivity contribution < 1.29 is 4.74 Å². The number of aromatic nitrogens is 3. The monoisotopic (exact) mass is 308 g/mol. The standard InChI is InChI=1S/C18H20N4O/c1-23-13-5-3-2-4-12(13)19-16-21-14-17(6-7-17)10-11-18(8-9-18)15(20-14)22-16/h2-5H,6-11H2,1H3,(H,19,20,21,22). The van der Waals surface area contributed by atoms with E-state index in [4.69, 9.17) is 19.7 Å². The van der Waals surface area contributed by atoms with Gasteiger partial charge in [0.25, 0.3) is 0 Å². The first kappa shape index (κ1) is 13.3. The van der Waals surface area contributed by atoms with E-state index in [9.17, 15) is 0 Å². The summed E-state index contributed by atoms with van der Waals surface area (Å²) in [6.45, 7) is 0.